The summed E-state index contributed by atoms with van der Waals surface area (Å²) in [5, 5.41) is 2.95. The fourth-order valence-electron chi connectivity index (χ4n) is 3.36. The molecule has 0 bridgehead atoms. The van der Waals surface area contributed by atoms with E-state index in [0.717, 1.165) is 11.1 Å². The van der Waals surface area contributed by atoms with Gasteiger partial charge in [0.1, 0.15) is 11.6 Å². The lowest BCUT2D eigenvalue weighted by Crippen LogP contribution is -2.38. The summed E-state index contributed by atoms with van der Waals surface area (Å²) < 4.78 is 18.3. The average molecular weight is 370 g/mol. The smallest absolute Gasteiger partial charge is 0.255 e. The third-order valence-electron chi connectivity index (χ3n) is 4.81. The van der Waals surface area contributed by atoms with Crippen molar-refractivity contribution in [3.05, 3.63) is 65.0 Å². The number of rotatable bonds is 6. The lowest BCUT2D eigenvalue weighted by atomic mass is 10.1. The first-order valence-corrected chi connectivity index (χ1v) is 8.94. The molecule has 1 atom stereocenters. The number of ether oxygens (including phenoxy) is 1. The van der Waals surface area contributed by atoms with Gasteiger partial charge in [-0.25, -0.2) is 4.39 Å². The molecule has 2 aromatic carbocycles. The SMILES string of the molecule is COc1cccc(C)c1C(=O)N[C@H]1CC(=O)N(CCc2ccc(F)cc2)C1. The summed E-state index contributed by atoms with van der Waals surface area (Å²) in [6.07, 6.45) is 0.932. The van der Waals surface area contributed by atoms with Crippen molar-refractivity contribution in [2.75, 3.05) is 20.2 Å². The summed E-state index contributed by atoms with van der Waals surface area (Å²) in [6, 6.07) is 11.5. The average Bonchev–Trinajstić information content (AvgIpc) is 3.00. The molecule has 1 aliphatic heterocycles. The minimum absolute atomic E-state index is 0.0131. The van der Waals surface area contributed by atoms with Gasteiger partial charge in [0.2, 0.25) is 5.91 Å². The van der Waals surface area contributed by atoms with Crippen molar-refractivity contribution >= 4 is 11.8 Å². The first kappa shape index (κ1) is 18.9. The molecule has 0 unspecified atom stereocenters. The first-order valence-electron chi connectivity index (χ1n) is 8.94. The third-order valence-corrected chi connectivity index (χ3v) is 4.81. The number of likely N-dealkylation sites (tertiary alicyclic amines) is 1. The lowest BCUT2D eigenvalue weighted by Gasteiger charge is -2.18. The Kier molecular flexibility index (Phi) is 5.74. The fourth-order valence-corrected chi connectivity index (χ4v) is 3.36. The molecule has 2 amide bonds. The van der Waals surface area contributed by atoms with Crippen LogP contribution in [0.4, 0.5) is 4.39 Å². The summed E-state index contributed by atoms with van der Waals surface area (Å²) in [6.45, 7) is 2.87. The van der Waals surface area contributed by atoms with Crippen molar-refractivity contribution < 1.29 is 18.7 Å². The minimum atomic E-state index is -0.273. The molecule has 0 spiro atoms. The van der Waals surface area contributed by atoms with Gasteiger partial charge in [-0.05, 0) is 42.7 Å². The monoisotopic (exact) mass is 370 g/mol. The van der Waals surface area contributed by atoms with Crippen LogP contribution < -0.4 is 10.1 Å². The number of halogens is 1. The number of nitrogens with zero attached hydrogens (tertiary/aromatic N) is 1. The molecule has 0 aliphatic carbocycles. The number of hydrogen-bond donors (Lipinski definition) is 1. The van der Waals surface area contributed by atoms with Crippen LogP contribution in [-0.4, -0.2) is 43.0 Å². The molecule has 1 N–H and O–H groups in total. The maximum Gasteiger partial charge on any atom is 0.255 e. The van der Waals surface area contributed by atoms with Gasteiger partial charge in [0.05, 0.1) is 18.7 Å². The van der Waals surface area contributed by atoms with Crippen LogP contribution in [-0.2, 0) is 11.2 Å². The molecule has 27 heavy (non-hydrogen) atoms. The van der Waals surface area contributed by atoms with E-state index in [2.05, 4.69) is 5.32 Å². The van der Waals surface area contributed by atoms with Crippen molar-refractivity contribution in [1.82, 2.24) is 10.2 Å². The van der Waals surface area contributed by atoms with E-state index in [0.29, 0.717) is 30.8 Å². The van der Waals surface area contributed by atoms with E-state index in [-0.39, 0.29) is 30.1 Å². The molecular formula is C21H23FN2O3. The van der Waals surface area contributed by atoms with Crippen LogP contribution in [0.5, 0.6) is 5.75 Å². The molecule has 0 aromatic heterocycles. The highest BCUT2D eigenvalue weighted by atomic mass is 19.1. The van der Waals surface area contributed by atoms with Crippen LogP contribution in [0.3, 0.4) is 0 Å². The quantitative estimate of drug-likeness (QED) is 0.851. The van der Waals surface area contributed by atoms with Crippen LogP contribution in [0.15, 0.2) is 42.5 Å². The van der Waals surface area contributed by atoms with E-state index < -0.39 is 0 Å². The van der Waals surface area contributed by atoms with E-state index in [1.54, 1.807) is 23.1 Å². The normalized spacial score (nSPS) is 16.5. The molecule has 5 nitrogen and oxygen atoms in total. The molecule has 3 rings (SSSR count). The van der Waals surface area contributed by atoms with Crippen LogP contribution >= 0.6 is 0 Å². The number of carbonyl (C=O) groups excluding carboxylic acids is 2. The molecule has 0 radical (unpaired) electrons. The van der Waals surface area contributed by atoms with Crippen LogP contribution in [0, 0.1) is 12.7 Å². The Bertz CT molecular complexity index is 836. The number of benzene rings is 2. The van der Waals surface area contributed by atoms with E-state index in [1.165, 1.54) is 19.2 Å². The molecule has 1 heterocycles. The molecule has 2 aromatic rings. The minimum Gasteiger partial charge on any atom is -0.496 e. The third kappa shape index (κ3) is 4.45. The number of amides is 2. The second-order valence-corrected chi connectivity index (χ2v) is 6.74. The van der Waals surface area contributed by atoms with Gasteiger partial charge in [-0.3, -0.25) is 9.59 Å². The highest BCUT2D eigenvalue weighted by molar-refractivity contribution is 5.99. The Morgan fingerprint density at radius 2 is 2.00 bits per heavy atom. The van der Waals surface area contributed by atoms with E-state index in [9.17, 15) is 14.0 Å². The fraction of sp³-hybridized carbons (Fsp3) is 0.333. The number of hydrogen-bond acceptors (Lipinski definition) is 3. The van der Waals surface area contributed by atoms with Gasteiger partial charge in [-0.2, -0.15) is 0 Å². The largest absolute Gasteiger partial charge is 0.496 e. The highest BCUT2D eigenvalue weighted by Gasteiger charge is 2.31. The van der Waals surface area contributed by atoms with Gasteiger partial charge in [0.15, 0.2) is 0 Å². The lowest BCUT2D eigenvalue weighted by molar-refractivity contribution is -0.127. The Balaban J connectivity index is 1.59. The maximum absolute atomic E-state index is 13.0. The molecule has 1 saturated heterocycles. The molecule has 1 aliphatic rings. The summed E-state index contributed by atoms with van der Waals surface area (Å²) in [5.41, 5.74) is 2.29. The molecule has 0 saturated carbocycles. The Labute approximate surface area is 158 Å². The van der Waals surface area contributed by atoms with Crippen molar-refractivity contribution in [3.63, 3.8) is 0 Å². The Morgan fingerprint density at radius 3 is 2.70 bits per heavy atom. The number of methoxy groups -OCH3 is 1. The van der Waals surface area contributed by atoms with Crippen LogP contribution in [0.1, 0.15) is 27.9 Å². The van der Waals surface area contributed by atoms with Crippen molar-refractivity contribution in [3.8, 4) is 5.75 Å². The van der Waals surface area contributed by atoms with E-state index in [4.69, 9.17) is 4.74 Å². The number of nitrogens with one attached hydrogen (secondary N) is 1. The molecule has 1 fully saturated rings. The Morgan fingerprint density at radius 1 is 1.26 bits per heavy atom. The summed E-state index contributed by atoms with van der Waals surface area (Å²) in [4.78, 5) is 26.7. The van der Waals surface area contributed by atoms with Gasteiger partial charge in [-0.1, -0.05) is 24.3 Å². The summed E-state index contributed by atoms with van der Waals surface area (Å²) in [7, 11) is 1.53. The standard InChI is InChI=1S/C21H23FN2O3/c1-14-4-3-5-18(27-2)20(14)21(26)23-17-12-19(25)24(13-17)11-10-15-6-8-16(22)9-7-15/h3-9,17H,10-13H2,1-2H3,(H,23,26)/t17-/m0/s1. The summed E-state index contributed by atoms with van der Waals surface area (Å²) >= 11 is 0. The van der Waals surface area contributed by atoms with Crippen molar-refractivity contribution in [1.29, 1.82) is 0 Å². The van der Waals surface area contributed by atoms with Gasteiger partial charge in [0.25, 0.3) is 5.91 Å². The van der Waals surface area contributed by atoms with E-state index >= 15 is 0 Å². The van der Waals surface area contributed by atoms with Crippen LogP contribution in [0.2, 0.25) is 0 Å². The zero-order chi connectivity index (χ0) is 19.4. The summed E-state index contributed by atoms with van der Waals surface area (Å²) in [5.74, 6) is 0.0256. The predicted octanol–water partition coefficient (Wildman–Crippen LogP) is 2.72. The van der Waals surface area contributed by atoms with Gasteiger partial charge >= 0.3 is 0 Å². The molecular weight excluding hydrogens is 347 g/mol. The zero-order valence-corrected chi connectivity index (χ0v) is 15.5. The number of aryl methyl sites for hydroxylation is 1. The number of carbonyl (C=O) groups is 2. The Hall–Kier alpha value is -2.89. The molecule has 142 valence electrons. The first-order chi connectivity index (χ1) is 13.0. The molecule has 6 heteroatoms. The van der Waals surface area contributed by atoms with Gasteiger partial charge in [-0.15, -0.1) is 0 Å². The van der Waals surface area contributed by atoms with Crippen molar-refractivity contribution in [2.45, 2.75) is 25.8 Å². The van der Waals surface area contributed by atoms with Crippen LogP contribution in [0.25, 0.3) is 0 Å². The van der Waals surface area contributed by atoms with Gasteiger partial charge in [0, 0.05) is 19.5 Å². The topological polar surface area (TPSA) is 58.6 Å². The zero-order valence-electron chi connectivity index (χ0n) is 15.5. The second-order valence-electron chi connectivity index (χ2n) is 6.74. The van der Waals surface area contributed by atoms with E-state index in [1.807, 2.05) is 19.1 Å². The second kappa shape index (κ2) is 8.20. The van der Waals surface area contributed by atoms with Crippen molar-refractivity contribution in [2.24, 2.45) is 0 Å². The maximum atomic E-state index is 13.0. The van der Waals surface area contributed by atoms with Gasteiger partial charge < -0.3 is 15.0 Å². The highest BCUT2D eigenvalue weighted by Crippen LogP contribution is 2.22. The predicted molar refractivity (Wildman–Crippen MR) is 100 cm³/mol.